The molecule has 0 aliphatic carbocycles. The maximum Gasteiger partial charge on any atom is 0.388 e. The van der Waals surface area contributed by atoms with E-state index in [-0.39, 0.29) is 28.6 Å². The first-order chi connectivity index (χ1) is 16.2. The Morgan fingerprint density at radius 2 is 1.88 bits per heavy atom. The number of carboxylic acids is 1. The Morgan fingerprint density at radius 3 is 2.50 bits per heavy atom. The largest absolute Gasteiger partial charge is 0.481 e. The number of aromatic nitrogens is 3. The van der Waals surface area contributed by atoms with Crippen molar-refractivity contribution in [3.8, 4) is 17.3 Å². The van der Waals surface area contributed by atoms with Crippen molar-refractivity contribution in [2.45, 2.75) is 20.0 Å². The number of pyridine rings is 1. The Labute approximate surface area is 202 Å². The number of aryl methyl sites for hydroxylation is 1. The zero-order chi connectivity index (χ0) is 24.4. The van der Waals surface area contributed by atoms with Crippen molar-refractivity contribution >= 4 is 40.1 Å². The van der Waals surface area contributed by atoms with Crippen molar-refractivity contribution < 1.29 is 28.2 Å². The zero-order valence-corrected chi connectivity index (χ0v) is 19.1. The number of carboxylic acid groups (broad SMARTS) is 1. The van der Waals surface area contributed by atoms with E-state index < -0.39 is 19.2 Å². The van der Waals surface area contributed by atoms with Crippen LogP contribution in [-0.4, -0.2) is 39.1 Å². The van der Waals surface area contributed by atoms with Crippen LogP contribution in [0.5, 0.6) is 11.6 Å². The summed E-state index contributed by atoms with van der Waals surface area (Å²) in [4.78, 5) is 15.2. The second kappa shape index (κ2) is 9.82. The molecule has 0 fully saturated rings. The lowest BCUT2D eigenvalue weighted by atomic mass is 9.97. The molecule has 1 N–H and O–H groups in total. The molecule has 0 aliphatic heterocycles. The third-order valence-corrected chi connectivity index (χ3v) is 5.59. The first-order valence-electron chi connectivity index (χ1n) is 9.94. The van der Waals surface area contributed by atoms with Crippen LogP contribution >= 0.6 is 23.2 Å². The van der Waals surface area contributed by atoms with E-state index in [4.69, 9.17) is 37.8 Å². The van der Waals surface area contributed by atoms with Crippen LogP contribution in [0.15, 0.2) is 48.7 Å². The molecule has 0 spiro atoms. The highest BCUT2D eigenvalue weighted by molar-refractivity contribution is 6.35. The van der Waals surface area contributed by atoms with E-state index in [1.807, 2.05) is 24.3 Å². The molecule has 0 bridgehead atoms. The fraction of sp³-hybridized carbons (Fsp3) is 0.174. The van der Waals surface area contributed by atoms with Gasteiger partial charge in [-0.3, -0.25) is 0 Å². The van der Waals surface area contributed by atoms with Crippen LogP contribution in [0.1, 0.15) is 16.7 Å². The fourth-order valence-corrected chi connectivity index (χ4v) is 3.90. The lowest BCUT2D eigenvalue weighted by molar-refractivity contribution is -0.139. The predicted octanol–water partition coefficient (Wildman–Crippen LogP) is 5.69. The van der Waals surface area contributed by atoms with Gasteiger partial charge in [0.15, 0.2) is 11.8 Å². The van der Waals surface area contributed by atoms with E-state index in [1.165, 1.54) is 12.1 Å². The lowest BCUT2D eigenvalue weighted by Gasteiger charge is -2.18. The number of benzene rings is 2. The van der Waals surface area contributed by atoms with Crippen molar-refractivity contribution in [2.24, 2.45) is 0 Å². The molecule has 0 saturated heterocycles. The normalized spacial score (nSPS) is 11.2. The standard InChI is InChI=1S/C23H17Cl2F2N3O4/c1-12-15(10-13-2-4-14(5-3-13)30-9-8-18(25)29-30)22(34-23(26)27)28-21-16(24)6-7-17(20(12)21)33-11-19(31)32/h2-9,23H,10-11H2,1H3,(H,31,32). The molecule has 0 atom stereocenters. The average Bonchev–Trinajstić information content (AvgIpc) is 3.22. The van der Waals surface area contributed by atoms with Gasteiger partial charge in [-0.1, -0.05) is 35.3 Å². The van der Waals surface area contributed by atoms with Crippen LogP contribution in [-0.2, 0) is 11.2 Å². The maximum absolute atomic E-state index is 13.2. The molecular formula is C23H17Cl2F2N3O4. The van der Waals surface area contributed by atoms with Crippen LogP contribution in [0.2, 0.25) is 10.2 Å². The monoisotopic (exact) mass is 507 g/mol. The van der Waals surface area contributed by atoms with Gasteiger partial charge in [0.05, 0.1) is 16.2 Å². The molecular weight excluding hydrogens is 491 g/mol. The Kier molecular flexibility index (Phi) is 6.85. The number of nitrogens with zero attached hydrogens (tertiary/aromatic N) is 3. The highest BCUT2D eigenvalue weighted by Crippen LogP contribution is 2.38. The van der Waals surface area contributed by atoms with E-state index in [0.29, 0.717) is 21.7 Å². The van der Waals surface area contributed by atoms with Gasteiger partial charge in [-0.2, -0.15) is 13.9 Å². The molecule has 11 heteroatoms. The van der Waals surface area contributed by atoms with Crippen LogP contribution in [0.3, 0.4) is 0 Å². The smallest absolute Gasteiger partial charge is 0.388 e. The molecule has 4 rings (SSSR count). The number of hydrogen-bond acceptors (Lipinski definition) is 5. The van der Waals surface area contributed by atoms with E-state index in [9.17, 15) is 13.6 Å². The van der Waals surface area contributed by atoms with E-state index >= 15 is 0 Å². The number of hydrogen-bond donors (Lipinski definition) is 1. The van der Waals surface area contributed by atoms with Crippen molar-refractivity contribution in [1.82, 2.24) is 14.8 Å². The zero-order valence-electron chi connectivity index (χ0n) is 17.6. The number of carbonyl (C=O) groups is 1. The quantitative estimate of drug-likeness (QED) is 0.329. The van der Waals surface area contributed by atoms with E-state index in [2.05, 4.69) is 10.1 Å². The van der Waals surface area contributed by atoms with Gasteiger partial charge in [0.25, 0.3) is 0 Å². The fourth-order valence-electron chi connectivity index (χ4n) is 3.57. The Balaban J connectivity index is 1.78. The summed E-state index contributed by atoms with van der Waals surface area (Å²) >= 11 is 12.1. The van der Waals surface area contributed by atoms with Gasteiger partial charge in [0.2, 0.25) is 5.88 Å². The van der Waals surface area contributed by atoms with Crippen LogP contribution in [0.4, 0.5) is 8.78 Å². The SMILES string of the molecule is Cc1c(Cc2ccc(-n3ccc(Cl)n3)cc2)c(OC(F)F)nc2c(Cl)ccc(OCC(=O)O)c12. The predicted molar refractivity (Wildman–Crippen MR) is 123 cm³/mol. The minimum atomic E-state index is -3.10. The molecule has 0 radical (unpaired) electrons. The summed E-state index contributed by atoms with van der Waals surface area (Å²) in [5.74, 6) is -1.20. The van der Waals surface area contributed by atoms with E-state index in [0.717, 1.165) is 11.3 Å². The molecule has 2 heterocycles. The van der Waals surface area contributed by atoms with Crippen LogP contribution in [0.25, 0.3) is 16.6 Å². The third kappa shape index (κ3) is 5.05. The Morgan fingerprint density at radius 1 is 1.15 bits per heavy atom. The number of aliphatic carboxylic acids is 1. The Bertz CT molecular complexity index is 1360. The molecule has 0 saturated carbocycles. The van der Waals surface area contributed by atoms with Gasteiger partial charge in [-0.25, -0.2) is 14.5 Å². The summed E-state index contributed by atoms with van der Waals surface area (Å²) in [5.41, 5.74) is 2.66. The first-order valence-corrected chi connectivity index (χ1v) is 10.7. The van der Waals surface area contributed by atoms with Crippen molar-refractivity contribution in [3.63, 3.8) is 0 Å². The molecule has 0 unspecified atom stereocenters. The number of fused-ring (bicyclic) bond motifs is 1. The summed E-state index contributed by atoms with van der Waals surface area (Å²) in [6.45, 7) is -1.98. The molecule has 0 amide bonds. The molecule has 7 nitrogen and oxygen atoms in total. The summed E-state index contributed by atoms with van der Waals surface area (Å²) in [6, 6.07) is 11.9. The molecule has 176 valence electrons. The summed E-state index contributed by atoms with van der Waals surface area (Å²) < 4.78 is 38.1. The van der Waals surface area contributed by atoms with Gasteiger partial charge in [-0.15, -0.1) is 0 Å². The van der Waals surface area contributed by atoms with Gasteiger partial charge in [0, 0.05) is 23.6 Å². The maximum atomic E-state index is 13.2. The molecule has 2 aromatic carbocycles. The summed E-state index contributed by atoms with van der Waals surface area (Å²) in [7, 11) is 0. The van der Waals surface area contributed by atoms with Crippen molar-refractivity contribution in [2.75, 3.05) is 6.61 Å². The van der Waals surface area contributed by atoms with E-state index in [1.54, 1.807) is 23.9 Å². The molecule has 4 aromatic rings. The highest BCUT2D eigenvalue weighted by atomic mass is 35.5. The number of ether oxygens (including phenoxy) is 2. The third-order valence-electron chi connectivity index (χ3n) is 5.08. The van der Waals surface area contributed by atoms with Crippen molar-refractivity contribution in [1.29, 1.82) is 0 Å². The second-order valence-electron chi connectivity index (χ2n) is 7.28. The number of rotatable bonds is 8. The molecule has 34 heavy (non-hydrogen) atoms. The Hall–Kier alpha value is -3.43. The summed E-state index contributed by atoms with van der Waals surface area (Å²) in [6.07, 6.45) is 1.92. The minimum Gasteiger partial charge on any atom is -0.481 e. The topological polar surface area (TPSA) is 86.5 Å². The number of alkyl halides is 2. The van der Waals surface area contributed by atoms with Gasteiger partial charge < -0.3 is 14.6 Å². The molecule has 2 aromatic heterocycles. The summed E-state index contributed by atoms with van der Waals surface area (Å²) in [5, 5.41) is 14.1. The van der Waals surface area contributed by atoms with Gasteiger partial charge >= 0.3 is 12.6 Å². The van der Waals surface area contributed by atoms with Crippen LogP contribution < -0.4 is 9.47 Å². The van der Waals surface area contributed by atoms with Gasteiger partial charge in [-0.05, 0) is 48.4 Å². The van der Waals surface area contributed by atoms with Gasteiger partial charge in [0.1, 0.15) is 5.75 Å². The minimum absolute atomic E-state index is 0.173. The lowest BCUT2D eigenvalue weighted by Crippen LogP contribution is -2.11. The van der Waals surface area contributed by atoms with Crippen molar-refractivity contribution in [3.05, 3.63) is 75.5 Å². The second-order valence-corrected chi connectivity index (χ2v) is 8.07. The number of halogens is 4. The molecule has 0 aliphatic rings. The first kappa shape index (κ1) is 23.7. The average molecular weight is 508 g/mol. The highest BCUT2D eigenvalue weighted by Gasteiger charge is 2.21. The van der Waals surface area contributed by atoms with Crippen LogP contribution in [0, 0.1) is 6.92 Å².